The number of likely N-dealkylation sites (tertiary alicyclic amines) is 1. The van der Waals surface area contributed by atoms with Crippen molar-refractivity contribution in [1.82, 2.24) is 14.7 Å². The summed E-state index contributed by atoms with van der Waals surface area (Å²) in [6.45, 7) is 3.35. The number of amides is 1. The van der Waals surface area contributed by atoms with Gasteiger partial charge in [0.1, 0.15) is 0 Å². The van der Waals surface area contributed by atoms with Gasteiger partial charge in [-0.3, -0.25) is 9.48 Å². The maximum atomic E-state index is 13.4. The smallest absolute Gasteiger partial charge is 0.396 e. The van der Waals surface area contributed by atoms with Crippen LogP contribution in [0.4, 0.5) is 18.9 Å². The first-order valence-corrected chi connectivity index (χ1v) is 10.3. The predicted molar refractivity (Wildman–Crippen MR) is 110 cm³/mol. The summed E-state index contributed by atoms with van der Waals surface area (Å²) < 4.78 is 41.8. The Morgan fingerprint density at radius 2 is 2.12 bits per heavy atom. The summed E-state index contributed by atoms with van der Waals surface area (Å²) in [5.41, 5.74) is -0.320. The molecule has 4 rings (SSSR count). The molecular weight excluding hydrogens is 423 g/mol. The van der Waals surface area contributed by atoms with Gasteiger partial charge in [0.2, 0.25) is 0 Å². The van der Waals surface area contributed by atoms with E-state index >= 15 is 0 Å². The third kappa shape index (κ3) is 3.71. The van der Waals surface area contributed by atoms with E-state index in [-0.39, 0.29) is 18.4 Å². The zero-order chi connectivity index (χ0) is 23.3. The second-order valence-electron chi connectivity index (χ2n) is 8.74. The minimum atomic E-state index is -4.62. The lowest BCUT2D eigenvalue weighted by atomic mass is 9.73. The summed E-state index contributed by atoms with van der Waals surface area (Å²) in [5.74, 6) is -0.241. The standard InChI is InChI=1S/C22H24F3N5O2/c1-14-18(11-28(2)27-14)20(32)30-10-16-9-29(6-5-21(16,12-30)13-31)17-4-3-15(8-26)19(7-17)22(23,24)25/h3-4,7,11,16,31H,5-6,9-10,12-13H2,1-2H3/t16-,21+/m1/s1. The number of nitrogens with zero attached hydrogens (tertiary/aromatic N) is 5. The zero-order valence-corrected chi connectivity index (χ0v) is 17.9. The van der Waals surface area contributed by atoms with E-state index in [2.05, 4.69) is 5.10 Å². The van der Waals surface area contributed by atoms with Gasteiger partial charge in [0.25, 0.3) is 5.91 Å². The number of aliphatic hydroxyl groups excluding tert-OH is 1. The minimum Gasteiger partial charge on any atom is -0.396 e. The first-order chi connectivity index (χ1) is 15.1. The molecule has 7 nitrogen and oxygen atoms in total. The van der Waals surface area contributed by atoms with Crippen LogP contribution in [-0.4, -0.2) is 58.5 Å². The van der Waals surface area contributed by atoms with E-state index in [1.54, 1.807) is 35.8 Å². The zero-order valence-electron chi connectivity index (χ0n) is 17.9. The van der Waals surface area contributed by atoms with Crippen LogP contribution >= 0.6 is 0 Å². The Balaban J connectivity index is 1.57. The Labute approximate surface area is 183 Å². The van der Waals surface area contributed by atoms with Gasteiger partial charge in [-0.2, -0.15) is 23.5 Å². The maximum Gasteiger partial charge on any atom is 0.417 e. The summed E-state index contributed by atoms with van der Waals surface area (Å²) in [6, 6.07) is 5.34. The van der Waals surface area contributed by atoms with E-state index in [9.17, 15) is 23.1 Å². The molecule has 0 unspecified atom stereocenters. The number of aromatic nitrogens is 2. The highest BCUT2D eigenvalue weighted by Crippen LogP contribution is 2.44. The average Bonchev–Trinajstić information content (AvgIpc) is 3.31. The Kier molecular flexibility index (Phi) is 5.41. The van der Waals surface area contributed by atoms with Crippen LogP contribution in [0.1, 0.15) is 33.6 Å². The number of nitriles is 1. The van der Waals surface area contributed by atoms with Gasteiger partial charge < -0.3 is 14.9 Å². The molecule has 2 saturated heterocycles. The van der Waals surface area contributed by atoms with Crippen molar-refractivity contribution in [2.24, 2.45) is 18.4 Å². The summed E-state index contributed by atoms with van der Waals surface area (Å²) in [4.78, 5) is 16.6. The number of hydrogen-bond acceptors (Lipinski definition) is 5. The molecule has 32 heavy (non-hydrogen) atoms. The molecule has 1 aromatic heterocycles. The van der Waals surface area contributed by atoms with Crippen molar-refractivity contribution in [3.05, 3.63) is 46.8 Å². The Bertz CT molecular complexity index is 1090. The van der Waals surface area contributed by atoms with Crippen molar-refractivity contribution >= 4 is 11.6 Å². The number of anilines is 1. The van der Waals surface area contributed by atoms with Crippen molar-refractivity contribution in [2.75, 3.05) is 37.7 Å². The normalized spacial score (nSPS) is 23.2. The van der Waals surface area contributed by atoms with Crippen LogP contribution in [0.3, 0.4) is 0 Å². The van der Waals surface area contributed by atoms with Crippen LogP contribution in [0.5, 0.6) is 0 Å². The largest absolute Gasteiger partial charge is 0.417 e. The fraction of sp³-hybridized carbons (Fsp3) is 0.500. The third-order valence-corrected chi connectivity index (χ3v) is 6.77. The molecule has 2 fully saturated rings. The first kappa shape index (κ1) is 22.1. The Morgan fingerprint density at radius 3 is 2.72 bits per heavy atom. The molecule has 3 heterocycles. The molecule has 0 bridgehead atoms. The Morgan fingerprint density at radius 1 is 1.38 bits per heavy atom. The molecule has 2 aromatic rings. The van der Waals surface area contributed by atoms with Crippen molar-refractivity contribution in [3.63, 3.8) is 0 Å². The third-order valence-electron chi connectivity index (χ3n) is 6.77. The topological polar surface area (TPSA) is 85.4 Å². The molecule has 10 heteroatoms. The second-order valence-corrected chi connectivity index (χ2v) is 8.74. The molecule has 0 spiro atoms. The summed E-state index contributed by atoms with van der Waals surface area (Å²) in [5, 5.41) is 23.5. The number of aliphatic hydroxyl groups is 1. The van der Waals surface area contributed by atoms with Gasteiger partial charge >= 0.3 is 6.18 Å². The van der Waals surface area contributed by atoms with Crippen LogP contribution in [0, 0.1) is 29.6 Å². The number of rotatable bonds is 3. The SMILES string of the molecule is Cc1nn(C)cc1C(=O)N1C[C@H]2CN(c3ccc(C#N)c(C(F)(F)F)c3)CC[C@@]2(CO)C1. The summed E-state index contributed by atoms with van der Waals surface area (Å²) in [6.07, 6.45) is -2.40. The molecule has 0 radical (unpaired) electrons. The van der Waals surface area contributed by atoms with Gasteiger partial charge in [-0.1, -0.05) is 0 Å². The number of halogens is 3. The maximum absolute atomic E-state index is 13.4. The van der Waals surface area contributed by atoms with E-state index in [4.69, 9.17) is 5.26 Å². The highest BCUT2D eigenvalue weighted by molar-refractivity contribution is 5.95. The van der Waals surface area contributed by atoms with Gasteiger partial charge in [0.15, 0.2) is 0 Å². The van der Waals surface area contributed by atoms with Crippen LogP contribution in [0.15, 0.2) is 24.4 Å². The van der Waals surface area contributed by atoms with Crippen LogP contribution in [-0.2, 0) is 13.2 Å². The highest BCUT2D eigenvalue weighted by Gasteiger charge is 2.50. The predicted octanol–water partition coefficient (Wildman–Crippen LogP) is 2.58. The summed E-state index contributed by atoms with van der Waals surface area (Å²) in [7, 11) is 1.74. The molecule has 0 saturated carbocycles. The van der Waals surface area contributed by atoms with Crippen molar-refractivity contribution in [1.29, 1.82) is 5.26 Å². The number of benzene rings is 1. The quantitative estimate of drug-likeness (QED) is 0.782. The van der Waals surface area contributed by atoms with Gasteiger partial charge in [0.05, 0.1) is 35.1 Å². The van der Waals surface area contributed by atoms with Crippen molar-refractivity contribution in [2.45, 2.75) is 19.5 Å². The summed E-state index contributed by atoms with van der Waals surface area (Å²) >= 11 is 0. The highest BCUT2D eigenvalue weighted by atomic mass is 19.4. The van der Waals surface area contributed by atoms with E-state index in [0.29, 0.717) is 49.5 Å². The van der Waals surface area contributed by atoms with Crippen LogP contribution < -0.4 is 4.90 Å². The fourth-order valence-electron chi connectivity index (χ4n) is 4.97. The molecule has 2 aliphatic rings. The molecule has 2 atom stereocenters. The van der Waals surface area contributed by atoms with E-state index in [1.807, 2.05) is 4.90 Å². The molecule has 1 aromatic carbocycles. The van der Waals surface area contributed by atoms with Crippen LogP contribution in [0.25, 0.3) is 0 Å². The van der Waals surface area contributed by atoms with E-state index < -0.39 is 22.7 Å². The van der Waals surface area contributed by atoms with Crippen molar-refractivity contribution < 1.29 is 23.1 Å². The van der Waals surface area contributed by atoms with E-state index in [1.165, 1.54) is 12.1 Å². The average molecular weight is 447 g/mol. The lowest BCUT2D eigenvalue weighted by Gasteiger charge is -2.43. The molecule has 2 aliphatic heterocycles. The number of hydrogen-bond donors (Lipinski definition) is 1. The molecule has 0 aliphatic carbocycles. The lowest BCUT2D eigenvalue weighted by Crippen LogP contribution is -2.49. The van der Waals surface area contributed by atoms with Gasteiger partial charge in [0, 0.05) is 56.4 Å². The monoisotopic (exact) mass is 447 g/mol. The van der Waals surface area contributed by atoms with Gasteiger partial charge in [-0.25, -0.2) is 0 Å². The molecule has 1 N–H and O–H groups in total. The molecule has 170 valence electrons. The number of aryl methyl sites for hydroxylation is 2. The number of fused-ring (bicyclic) bond motifs is 1. The number of piperidine rings is 1. The minimum absolute atomic E-state index is 0.0906. The van der Waals surface area contributed by atoms with Gasteiger partial charge in [-0.15, -0.1) is 0 Å². The van der Waals surface area contributed by atoms with Crippen LogP contribution in [0.2, 0.25) is 0 Å². The number of carbonyl (C=O) groups is 1. The van der Waals surface area contributed by atoms with Crippen molar-refractivity contribution in [3.8, 4) is 6.07 Å². The molecular formula is C22H24F3N5O2. The number of alkyl halides is 3. The second kappa shape index (κ2) is 7.81. The Hall–Kier alpha value is -3.06. The molecule has 1 amide bonds. The number of carbonyl (C=O) groups excluding carboxylic acids is 1. The van der Waals surface area contributed by atoms with E-state index in [0.717, 1.165) is 6.07 Å². The lowest BCUT2D eigenvalue weighted by molar-refractivity contribution is -0.137. The fourth-order valence-corrected chi connectivity index (χ4v) is 4.97. The first-order valence-electron chi connectivity index (χ1n) is 10.3. The van der Waals surface area contributed by atoms with Gasteiger partial charge in [-0.05, 0) is 31.5 Å².